The normalized spacial score (nSPS) is 14.2. The Morgan fingerprint density at radius 2 is 2.00 bits per heavy atom. The number of halogens is 1. The summed E-state index contributed by atoms with van der Waals surface area (Å²) < 4.78 is 6.02. The summed E-state index contributed by atoms with van der Waals surface area (Å²) in [7, 11) is 0. The SMILES string of the molecule is Cc1cc(Oc2cnccc2CNC2CC2)cc(C)c1Cl. The number of rotatable bonds is 5. The van der Waals surface area contributed by atoms with Gasteiger partial charge in [-0.25, -0.2) is 0 Å². The lowest BCUT2D eigenvalue weighted by Gasteiger charge is -2.13. The number of aryl methyl sites for hydroxylation is 2. The first-order chi connectivity index (χ1) is 10.1. The Kier molecular flexibility index (Phi) is 4.13. The number of benzene rings is 1. The van der Waals surface area contributed by atoms with Crippen molar-refractivity contribution >= 4 is 11.6 Å². The van der Waals surface area contributed by atoms with Gasteiger partial charge >= 0.3 is 0 Å². The predicted octanol–water partition coefficient (Wildman–Crippen LogP) is 4.40. The quantitative estimate of drug-likeness (QED) is 0.889. The molecule has 3 nitrogen and oxygen atoms in total. The van der Waals surface area contributed by atoms with Crippen LogP contribution in [0, 0.1) is 13.8 Å². The van der Waals surface area contributed by atoms with Crippen LogP contribution in [0.25, 0.3) is 0 Å². The first-order valence-electron chi connectivity index (χ1n) is 7.24. The standard InChI is InChI=1S/C17H19ClN2O/c1-11-7-15(8-12(2)17(11)18)21-16-10-19-6-5-13(16)9-20-14-3-4-14/h5-8,10,14,20H,3-4,9H2,1-2H3. The maximum atomic E-state index is 6.20. The Morgan fingerprint density at radius 3 is 2.67 bits per heavy atom. The molecule has 0 bridgehead atoms. The van der Waals surface area contributed by atoms with Gasteiger partial charge in [-0.1, -0.05) is 11.6 Å². The highest BCUT2D eigenvalue weighted by Gasteiger charge is 2.20. The number of hydrogen-bond donors (Lipinski definition) is 1. The Morgan fingerprint density at radius 1 is 1.29 bits per heavy atom. The number of nitrogens with zero attached hydrogens (tertiary/aromatic N) is 1. The van der Waals surface area contributed by atoms with Crippen LogP contribution in [0.15, 0.2) is 30.6 Å². The van der Waals surface area contributed by atoms with E-state index in [2.05, 4.69) is 10.3 Å². The van der Waals surface area contributed by atoms with Crippen molar-refractivity contribution < 1.29 is 4.74 Å². The van der Waals surface area contributed by atoms with Gasteiger partial charge in [0.25, 0.3) is 0 Å². The van der Waals surface area contributed by atoms with E-state index in [0.29, 0.717) is 6.04 Å². The molecule has 4 heteroatoms. The average molecular weight is 303 g/mol. The first kappa shape index (κ1) is 14.4. The van der Waals surface area contributed by atoms with Crippen molar-refractivity contribution in [1.29, 1.82) is 0 Å². The number of pyridine rings is 1. The Hall–Kier alpha value is -1.58. The van der Waals surface area contributed by atoms with Crippen LogP contribution in [-0.2, 0) is 6.54 Å². The molecule has 3 rings (SSSR count). The van der Waals surface area contributed by atoms with Crippen LogP contribution < -0.4 is 10.1 Å². The lowest BCUT2D eigenvalue weighted by Crippen LogP contribution is -2.15. The first-order valence-corrected chi connectivity index (χ1v) is 7.62. The molecule has 0 amide bonds. The Labute approximate surface area is 130 Å². The average Bonchev–Trinajstić information content (AvgIpc) is 3.28. The van der Waals surface area contributed by atoms with Gasteiger partial charge < -0.3 is 10.1 Å². The molecule has 2 aromatic rings. The summed E-state index contributed by atoms with van der Waals surface area (Å²) in [6, 6.07) is 6.59. The second kappa shape index (κ2) is 6.04. The molecule has 0 aliphatic heterocycles. The molecule has 0 radical (unpaired) electrons. The van der Waals surface area contributed by atoms with E-state index in [1.54, 1.807) is 12.4 Å². The fraction of sp³-hybridized carbons (Fsp3) is 0.353. The van der Waals surface area contributed by atoms with E-state index in [0.717, 1.165) is 39.8 Å². The van der Waals surface area contributed by atoms with Crippen LogP contribution in [-0.4, -0.2) is 11.0 Å². The Bertz CT molecular complexity index is 630. The topological polar surface area (TPSA) is 34.1 Å². The number of aromatic nitrogens is 1. The number of nitrogens with one attached hydrogen (secondary N) is 1. The highest BCUT2D eigenvalue weighted by atomic mass is 35.5. The molecular weight excluding hydrogens is 284 g/mol. The van der Waals surface area contributed by atoms with Crippen LogP contribution in [0.4, 0.5) is 0 Å². The van der Waals surface area contributed by atoms with Crippen molar-refractivity contribution in [2.45, 2.75) is 39.3 Å². The summed E-state index contributed by atoms with van der Waals surface area (Å²) >= 11 is 6.20. The second-order valence-electron chi connectivity index (χ2n) is 5.61. The zero-order valence-corrected chi connectivity index (χ0v) is 13.1. The highest BCUT2D eigenvalue weighted by molar-refractivity contribution is 6.32. The summed E-state index contributed by atoms with van der Waals surface area (Å²) in [5.74, 6) is 1.60. The maximum absolute atomic E-state index is 6.20. The van der Waals surface area contributed by atoms with Gasteiger partial charge in [0, 0.05) is 29.4 Å². The van der Waals surface area contributed by atoms with E-state index in [-0.39, 0.29) is 0 Å². The fourth-order valence-electron chi connectivity index (χ4n) is 2.28. The molecule has 0 saturated heterocycles. The van der Waals surface area contributed by atoms with Crippen LogP contribution >= 0.6 is 11.6 Å². The monoisotopic (exact) mass is 302 g/mol. The van der Waals surface area contributed by atoms with Gasteiger partial charge in [0.15, 0.2) is 0 Å². The van der Waals surface area contributed by atoms with E-state index in [9.17, 15) is 0 Å². The minimum atomic E-state index is 0.672. The number of ether oxygens (including phenoxy) is 1. The molecule has 110 valence electrons. The number of hydrogen-bond acceptors (Lipinski definition) is 3. The van der Waals surface area contributed by atoms with Gasteiger partial charge in [-0.05, 0) is 56.0 Å². The summed E-state index contributed by atoms with van der Waals surface area (Å²) in [6.45, 7) is 4.79. The van der Waals surface area contributed by atoms with Gasteiger partial charge in [-0.3, -0.25) is 4.98 Å². The zero-order valence-electron chi connectivity index (χ0n) is 12.3. The van der Waals surface area contributed by atoms with Crippen molar-refractivity contribution in [3.8, 4) is 11.5 Å². The van der Waals surface area contributed by atoms with Crippen LogP contribution in [0.5, 0.6) is 11.5 Å². The minimum Gasteiger partial charge on any atom is -0.455 e. The second-order valence-corrected chi connectivity index (χ2v) is 5.99. The molecule has 0 unspecified atom stereocenters. The molecule has 1 heterocycles. The third-order valence-corrected chi connectivity index (χ3v) is 4.26. The van der Waals surface area contributed by atoms with Gasteiger partial charge in [-0.15, -0.1) is 0 Å². The lowest BCUT2D eigenvalue weighted by molar-refractivity contribution is 0.469. The largest absolute Gasteiger partial charge is 0.455 e. The van der Waals surface area contributed by atoms with Gasteiger partial charge in [-0.2, -0.15) is 0 Å². The summed E-state index contributed by atoms with van der Waals surface area (Å²) in [4.78, 5) is 4.17. The molecule has 0 atom stereocenters. The van der Waals surface area contributed by atoms with Crippen molar-refractivity contribution in [2.24, 2.45) is 0 Å². The third-order valence-electron chi connectivity index (χ3n) is 3.67. The fourth-order valence-corrected chi connectivity index (χ4v) is 2.39. The maximum Gasteiger partial charge on any atom is 0.150 e. The van der Waals surface area contributed by atoms with Crippen molar-refractivity contribution in [1.82, 2.24) is 10.3 Å². The lowest BCUT2D eigenvalue weighted by atomic mass is 10.1. The van der Waals surface area contributed by atoms with E-state index >= 15 is 0 Å². The van der Waals surface area contributed by atoms with Gasteiger partial charge in [0.1, 0.15) is 11.5 Å². The highest BCUT2D eigenvalue weighted by Crippen LogP contribution is 2.30. The molecule has 1 aromatic carbocycles. The van der Waals surface area contributed by atoms with Crippen molar-refractivity contribution in [2.75, 3.05) is 0 Å². The van der Waals surface area contributed by atoms with E-state index in [1.165, 1.54) is 12.8 Å². The van der Waals surface area contributed by atoms with Crippen molar-refractivity contribution in [3.63, 3.8) is 0 Å². The van der Waals surface area contributed by atoms with Gasteiger partial charge in [0.2, 0.25) is 0 Å². The predicted molar refractivity (Wildman–Crippen MR) is 85.1 cm³/mol. The molecule has 1 aliphatic carbocycles. The molecular formula is C17H19ClN2O. The molecule has 0 spiro atoms. The molecule has 1 aromatic heterocycles. The molecule has 1 aliphatic rings. The molecule has 1 saturated carbocycles. The Balaban J connectivity index is 1.80. The third kappa shape index (κ3) is 3.55. The molecule has 21 heavy (non-hydrogen) atoms. The van der Waals surface area contributed by atoms with Gasteiger partial charge in [0.05, 0.1) is 6.20 Å². The van der Waals surface area contributed by atoms with Crippen LogP contribution in [0.1, 0.15) is 29.5 Å². The van der Waals surface area contributed by atoms with E-state index < -0.39 is 0 Å². The molecule has 1 fully saturated rings. The van der Waals surface area contributed by atoms with E-state index in [1.807, 2.05) is 32.0 Å². The summed E-state index contributed by atoms with van der Waals surface area (Å²) in [5, 5.41) is 4.30. The smallest absolute Gasteiger partial charge is 0.150 e. The minimum absolute atomic E-state index is 0.672. The zero-order chi connectivity index (χ0) is 14.8. The summed E-state index contributed by atoms with van der Waals surface area (Å²) in [5.41, 5.74) is 3.17. The van der Waals surface area contributed by atoms with Crippen molar-refractivity contribution in [3.05, 3.63) is 52.3 Å². The van der Waals surface area contributed by atoms with Crippen LogP contribution in [0.2, 0.25) is 5.02 Å². The van der Waals surface area contributed by atoms with E-state index in [4.69, 9.17) is 16.3 Å². The van der Waals surface area contributed by atoms with Crippen LogP contribution in [0.3, 0.4) is 0 Å². The molecule has 1 N–H and O–H groups in total. The summed E-state index contributed by atoms with van der Waals surface area (Å²) in [6.07, 6.45) is 6.12.